The second-order valence-corrected chi connectivity index (χ2v) is 7.01. The molecule has 0 spiro atoms. The monoisotopic (exact) mass is 395 g/mol. The zero-order chi connectivity index (χ0) is 21.1. The number of benzene rings is 2. The fraction of sp³-hybridized carbons (Fsp3) is 0.238. The lowest BCUT2D eigenvalue weighted by Crippen LogP contribution is -2.35. The van der Waals surface area contributed by atoms with Gasteiger partial charge in [0.25, 0.3) is 17.4 Å². The van der Waals surface area contributed by atoms with Gasteiger partial charge >= 0.3 is 0 Å². The molecule has 0 saturated carbocycles. The predicted octanol–water partition coefficient (Wildman–Crippen LogP) is 2.58. The van der Waals surface area contributed by atoms with Crippen molar-refractivity contribution in [3.63, 3.8) is 0 Å². The molecule has 0 aromatic heterocycles. The fourth-order valence-corrected chi connectivity index (χ4v) is 3.29. The number of likely N-dealkylation sites (tertiary alicyclic amines) is 1. The summed E-state index contributed by atoms with van der Waals surface area (Å²) in [5, 5.41) is 21.8. The van der Waals surface area contributed by atoms with E-state index in [0.717, 1.165) is 0 Å². The number of carbonyl (C=O) groups excluding carboxylic acids is 2. The molecule has 1 aliphatic heterocycles. The molecule has 1 atom stereocenters. The van der Waals surface area contributed by atoms with Crippen molar-refractivity contribution >= 4 is 23.1 Å². The maximum Gasteiger partial charge on any atom is 0.295 e. The first-order valence-electron chi connectivity index (χ1n) is 9.04. The van der Waals surface area contributed by atoms with Gasteiger partial charge in [0.15, 0.2) is 0 Å². The maximum atomic E-state index is 12.8. The molecule has 1 fully saturated rings. The van der Waals surface area contributed by atoms with Crippen molar-refractivity contribution in [3.05, 3.63) is 81.4 Å². The summed E-state index contributed by atoms with van der Waals surface area (Å²) >= 11 is 0. The van der Waals surface area contributed by atoms with E-state index in [4.69, 9.17) is 0 Å². The van der Waals surface area contributed by atoms with Crippen LogP contribution in [0.15, 0.2) is 60.2 Å². The van der Waals surface area contributed by atoms with E-state index in [1.807, 2.05) is 19.0 Å². The van der Waals surface area contributed by atoms with Gasteiger partial charge in [-0.05, 0) is 31.8 Å². The lowest BCUT2D eigenvalue weighted by atomic mass is 9.95. The summed E-state index contributed by atoms with van der Waals surface area (Å²) in [5.41, 5.74) is 0.826. The second-order valence-electron chi connectivity index (χ2n) is 7.01. The van der Waals surface area contributed by atoms with Crippen LogP contribution in [0, 0.1) is 10.1 Å². The molecule has 1 N–H and O–H groups in total. The standard InChI is InChI=1S/C21H21N3O5/c1-22(2)12-13-23-18(14-8-10-16(11-9-14)24(28)29)17(20(26)21(23)27)19(25)15-6-4-3-5-7-15/h3-11,18,25H,12-13H2,1-2H3/b19-17+/t18-/m1/s1. The summed E-state index contributed by atoms with van der Waals surface area (Å²) in [6.07, 6.45) is 0. The van der Waals surface area contributed by atoms with E-state index in [0.29, 0.717) is 17.7 Å². The number of nitrogens with zero attached hydrogens (tertiary/aromatic N) is 3. The van der Waals surface area contributed by atoms with Gasteiger partial charge in [-0.1, -0.05) is 30.3 Å². The first-order chi connectivity index (χ1) is 13.8. The molecule has 0 unspecified atom stereocenters. The number of non-ortho nitro benzene ring substituents is 1. The highest BCUT2D eigenvalue weighted by Crippen LogP contribution is 2.39. The topological polar surface area (TPSA) is 104 Å². The highest BCUT2D eigenvalue weighted by molar-refractivity contribution is 6.46. The van der Waals surface area contributed by atoms with Crippen LogP contribution in [0.1, 0.15) is 17.2 Å². The van der Waals surface area contributed by atoms with Gasteiger partial charge in [0.05, 0.1) is 16.5 Å². The average Bonchev–Trinajstić information content (AvgIpc) is 2.97. The van der Waals surface area contributed by atoms with Crippen molar-refractivity contribution in [2.75, 3.05) is 27.2 Å². The number of hydrogen-bond donors (Lipinski definition) is 1. The summed E-state index contributed by atoms with van der Waals surface area (Å²) < 4.78 is 0. The van der Waals surface area contributed by atoms with Gasteiger partial charge in [0.2, 0.25) is 0 Å². The number of aliphatic hydroxyl groups is 1. The van der Waals surface area contributed by atoms with E-state index < -0.39 is 22.7 Å². The van der Waals surface area contributed by atoms with Crippen molar-refractivity contribution < 1.29 is 19.6 Å². The minimum Gasteiger partial charge on any atom is -0.507 e. The van der Waals surface area contributed by atoms with Crippen LogP contribution >= 0.6 is 0 Å². The minimum absolute atomic E-state index is 0.0196. The van der Waals surface area contributed by atoms with Gasteiger partial charge in [-0.25, -0.2) is 0 Å². The van der Waals surface area contributed by atoms with Crippen molar-refractivity contribution in [1.82, 2.24) is 9.80 Å². The number of nitro benzene ring substituents is 1. The van der Waals surface area contributed by atoms with Crippen LogP contribution in [0.2, 0.25) is 0 Å². The molecule has 1 amide bonds. The van der Waals surface area contributed by atoms with Crippen molar-refractivity contribution in [1.29, 1.82) is 0 Å². The Morgan fingerprint density at radius 2 is 1.72 bits per heavy atom. The Kier molecular flexibility index (Phi) is 5.74. The summed E-state index contributed by atoms with van der Waals surface area (Å²) in [6, 6.07) is 13.4. The molecule has 8 heteroatoms. The van der Waals surface area contributed by atoms with E-state index >= 15 is 0 Å². The van der Waals surface area contributed by atoms with Crippen LogP contribution in [0.3, 0.4) is 0 Å². The summed E-state index contributed by atoms with van der Waals surface area (Å²) in [7, 11) is 3.70. The third-order valence-corrected chi connectivity index (χ3v) is 4.79. The Hall–Kier alpha value is -3.52. The molecule has 8 nitrogen and oxygen atoms in total. The van der Waals surface area contributed by atoms with Crippen LogP contribution in [0.5, 0.6) is 0 Å². The molecule has 2 aromatic rings. The molecule has 1 aliphatic rings. The first kappa shape index (κ1) is 20.2. The third-order valence-electron chi connectivity index (χ3n) is 4.79. The number of nitro groups is 1. The maximum absolute atomic E-state index is 12.8. The van der Waals surface area contributed by atoms with Gasteiger partial charge in [0, 0.05) is 30.8 Å². The van der Waals surface area contributed by atoms with Crippen LogP contribution in [0.4, 0.5) is 5.69 Å². The Bertz CT molecular complexity index is 968. The molecule has 0 bridgehead atoms. The number of carbonyl (C=O) groups is 2. The molecule has 0 aliphatic carbocycles. The summed E-state index contributed by atoms with van der Waals surface area (Å²) in [4.78, 5) is 39.3. The van der Waals surface area contributed by atoms with Crippen LogP contribution in [0.25, 0.3) is 5.76 Å². The molecule has 0 radical (unpaired) electrons. The van der Waals surface area contributed by atoms with E-state index in [1.165, 1.54) is 29.2 Å². The summed E-state index contributed by atoms with van der Waals surface area (Å²) in [5.74, 6) is -1.74. The number of amides is 1. The van der Waals surface area contributed by atoms with E-state index in [1.54, 1.807) is 30.3 Å². The molecular weight excluding hydrogens is 374 g/mol. The number of likely N-dealkylation sites (N-methyl/N-ethyl adjacent to an activating group) is 1. The lowest BCUT2D eigenvalue weighted by molar-refractivity contribution is -0.384. The molecule has 1 saturated heterocycles. The highest BCUT2D eigenvalue weighted by Gasteiger charge is 2.45. The minimum atomic E-state index is -0.823. The van der Waals surface area contributed by atoms with Gasteiger partial charge in [-0.3, -0.25) is 19.7 Å². The summed E-state index contributed by atoms with van der Waals surface area (Å²) in [6.45, 7) is 0.784. The van der Waals surface area contributed by atoms with Crippen LogP contribution in [-0.4, -0.2) is 58.7 Å². The Morgan fingerprint density at radius 1 is 1.10 bits per heavy atom. The molecule has 2 aromatic carbocycles. The van der Waals surface area contributed by atoms with Crippen molar-refractivity contribution in [3.8, 4) is 0 Å². The second kappa shape index (κ2) is 8.24. The third kappa shape index (κ3) is 4.02. The fourth-order valence-electron chi connectivity index (χ4n) is 3.29. The largest absolute Gasteiger partial charge is 0.507 e. The van der Waals surface area contributed by atoms with E-state index in [-0.39, 0.29) is 23.6 Å². The Balaban J connectivity index is 2.13. The van der Waals surface area contributed by atoms with Crippen LogP contribution in [-0.2, 0) is 9.59 Å². The Morgan fingerprint density at radius 3 is 2.28 bits per heavy atom. The normalized spacial score (nSPS) is 18.4. The number of Topliss-reactive ketones (excluding diaryl/α,β-unsaturated/α-hetero) is 1. The predicted molar refractivity (Wildman–Crippen MR) is 107 cm³/mol. The quantitative estimate of drug-likeness (QED) is 0.265. The van der Waals surface area contributed by atoms with Crippen LogP contribution < -0.4 is 0 Å². The van der Waals surface area contributed by atoms with E-state index in [9.17, 15) is 24.8 Å². The smallest absolute Gasteiger partial charge is 0.295 e. The zero-order valence-electron chi connectivity index (χ0n) is 16.1. The van der Waals surface area contributed by atoms with Gasteiger partial charge in [-0.2, -0.15) is 0 Å². The SMILES string of the molecule is CN(C)CCN1C(=O)C(=O)/C(=C(/O)c2ccccc2)[C@H]1c1ccc([N+](=O)[O-])cc1. The van der Waals surface area contributed by atoms with Gasteiger partial charge in [-0.15, -0.1) is 0 Å². The molecule has 150 valence electrons. The number of ketones is 1. The zero-order valence-corrected chi connectivity index (χ0v) is 16.1. The first-order valence-corrected chi connectivity index (χ1v) is 9.04. The highest BCUT2D eigenvalue weighted by atomic mass is 16.6. The van der Waals surface area contributed by atoms with E-state index in [2.05, 4.69) is 0 Å². The molecule has 3 rings (SSSR count). The van der Waals surface area contributed by atoms with Crippen molar-refractivity contribution in [2.45, 2.75) is 6.04 Å². The number of hydrogen-bond acceptors (Lipinski definition) is 6. The van der Waals surface area contributed by atoms with Gasteiger partial charge in [0.1, 0.15) is 5.76 Å². The number of aliphatic hydroxyl groups excluding tert-OH is 1. The molecular formula is C21H21N3O5. The number of rotatable bonds is 6. The molecule has 1 heterocycles. The van der Waals surface area contributed by atoms with Gasteiger partial charge < -0.3 is 14.9 Å². The van der Waals surface area contributed by atoms with Crippen molar-refractivity contribution in [2.24, 2.45) is 0 Å². The Labute approximate surface area is 167 Å². The average molecular weight is 395 g/mol. The molecule has 29 heavy (non-hydrogen) atoms. The lowest BCUT2D eigenvalue weighted by Gasteiger charge is -2.26.